The largest absolute Gasteiger partial charge is 0.497 e. The number of ether oxygens (including phenoxy) is 2. The Morgan fingerprint density at radius 1 is 0.795 bits per heavy atom. The van der Waals surface area contributed by atoms with E-state index >= 15 is 0 Å². The van der Waals surface area contributed by atoms with Crippen LogP contribution in [0.25, 0.3) is 0 Å². The second kappa shape index (κ2) is 13.3. The number of carbonyl (C=O) groups excluding carboxylic acids is 3. The van der Waals surface area contributed by atoms with Gasteiger partial charge in [-0.3, -0.25) is 9.59 Å². The topological polar surface area (TPSA) is 106 Å². The zero-order valence-electron chi connectivity index (χ0n) is 22.7. The molecule has 3 rings (SSSR count). The number of hydrogen-bond donors (Lipinski definition) is 3. The van der Waals surface area contributed by atoms with E-state index in [4.69, 9.17) is 9.47 Å². The van der Waals surface area contributed by atoms with Crippen LogP contribution in [0.5, 0.6) is 5.75 Å². The number of hydrogen-bond acceptors (Lipinski definition) is 5. The number of halogens is 1. The van der Waals surface area contributed by atoms with Crippen LogP contribution in [0.1, 0.15) is 50.8 Å². The Hall–Kier alpha value is -3.85. The Morgan fingerprint density at radius 3 is 1.97 bits per heavy atom. The molecule has 0 bridgehead atoms. The quantitative estimate of drug-likeness (QED) is 0.283. The lowest BCUT2D eigenvalue weighted by molar-refractivity contribution is -0.128. The number of benzene rings is 3. The Morgan fingerprint density at radius 2 is 1.41 bits per heavy atom. The molecule has 1 unspecified atom stereocenters. The summed E-state index contributed by atoms with van der Waals surface area (Å²) in [5, 5.41) is 8.42. The van der Waals surface area contributed by atoms with Crippen LogP contribution in [0.4, 0.5) is 10.5 Å². The third kappa shape index (κ3) is 8.85. The highest BCUT2D eigenvalue weighted by Gasteiger charge is 2.33. The smallest absolute Gasteiger partial charge is 0.408 e. The average molecular weight is 597 g/mol. The molecule has 3 N–H and O–H groups in total. The van der Waals surface area contributed by atoms with Gasteiger partial charge in [0.2, 0.25) is 11.8 Å². The first-order valence-corrected chi connectivity index (χ1v) is 13.3. The minimum atomic E-state index is -1.13. The van der Waals surface area contributed by atoms with Gasteiger partial charge >= 0.3 is 6.09 Å². The number of amides is 3. The van der Waals surface area contributed by atoms with Gasteiger partial charge in [0.25, 0.3) is 0 Å². The normalized spacial score (nSPS) is 13.4. The Balaban J connectivity index is 1.92. The van der Waals surface area contributed by atoms with Crippen LogP contribution in [-0.4, -0.2) is 36.7 Å². The predicted octanol–water partition coefficient (Wildman–Crippen LogP) is 5.95. The third-order valence-corrected chi connectivity index (χ3v) is 6.42. The molecule has 0 spiro atoms. The van der Waals surface area contributed by atoms with E-state index in [2.05, 4.69) is 31.9 Å². The molecule has 3 atom stereocenters. The Kier molecular flexibility index (Phi) is 10.1. The second-order valence-corrected chi connectivity index (χ2v) is 10.9. The van der Waals surface area contributed by atoms with Gasteiger partial charge in [0.1, 0.15) is 23.4 Å². The zero-order valence-corrected chi connectivity index (χ0v) is 24.2. The van der Waals surface area contributed by atoms with Crippen LogP contribution < -0.4 is 20.7 Å². The fourth-order valence-corrected chi connectivity index (χ4v) is 4.14. The number of anilines is 1. The van der Waals surface area contributed by atoms with Crippen LogP contribution in [0.3, 0.4) is 0 Å². The summed E-state index contributed by atoms with van der Waals surface area (Å²) in [5.41, 5.74) is 1.19. The first-order chi connectivity index (χ1) is 18.5. The molecule has 8 nitrogen and oxygen atoms in total. The fraction of sp³-hybridized carbons (Fsp3) is 0.300. The summed E-state index contributed by atoms with van der Waals surface area (Å²) in [5.74, 6) is -0.749. The van der Waals surface area contributed by atoms with Crippen molar-refractivity contribution in [2.75, 3.05) is 12.4 Å². The SMILES string of the molecule is COc1ccc(C(NC(=O)OC(C)(C)C)C(=O)N[C@H](C(=O)Nc2ccc(Br)cc2)[C@H](C)c2ccccc2)cc1. The van der Waals surface area contributed by atoms with E-state index in [9.17, 15) is 14.4 Å². The molecule has 0 fully saturated rings. The van der Waals surface area contributed by atoms with Crippen LogP contribution in [-0.2, 0) is 14.3 Å². The van der Waals surface area contributed by atoms with Crippen LogP contribution >= 0.6 is 15.9 Å². The van der Waals surface area contributed by atoms with Crippen LogP contribution in [0.15, 0.2) is 83.3 Å². The summed E-state index contributed by atoms with van der Waals surface area (Å²) in [7, 11) is 1.54. The molecule has 0 aromatic heterocycles. The van der Waals surface area contributed by atoms with Crippen molar-refractivity contribution in [2.45, 2.75) is 51.3 Å². The second-order valence-electron chi connectivity index (χ2n) is 10.0. The summed E-state index contributed by atoms with van der Waals surface area (Å²) in [6, 6.07) is 21.2. The highest BCUT2D eigenvalue weighted by atomic mass is 79.9. The van der Waals surface area contributed by atoms with Gasteiger partial charge in [-0.15, -0.1) is 0 Å². The maximum atomic E-state index is 13.7. The van der Waals surface area contributed by atoms with E-state index in [-0.39, 0.29) is 5.92 Å². The molecule has 9 heteroatoms. The molecule has 3 amide bonds. The van der Waals surface area contributed by atoms with E-state index in [0.717, 1.165) is 10.0 Å². The standard InChI is InChI=1S/C30H34BrN3O5/c1-19(20-9-7-6-8-10-20)25(27(35)32-23-15-13-22(31)14-16-23)33-28(36)26(34-29(37)39-30(2,3)4)21-11-17-24(38-5)18-12-21/h6-19,25-26H,1-5H3,(H,32,35)(H,33,36)(H,34,37)/t19-,25+,26?/m1/s1. The minimum Gasteiger partial charge on any atom is -0.497 e. The molecule has 0 radical (unpaired) electrons. The molecule has 0 aliphatic heterocycles. The Bertz CT molecular complexity index is 1260. The van der Waals surface area contributed by atoms with Gasteiger partial charge in [-0.25, -0.2) is 4.79 Å². The van der Waals surface area contributed by atoms with Gasteiger partial charge in [0.15, 0.2) is 0 Å². The molecule has 0 aliphatic carbocycles. The first kappa shape index (κ1) is 29.7. The molecule has 0 saturated carbocycles. The number of carbonyl (C=O) groups is 3. The van der Waals surface area contributed by atoms with Crippen LogP contribution in [0, 0.1) is 0 Å². The lowest BCUT2D eigenvalue weighted by Gasteiger charge is -2.28. The highest BCUT2D eigenvalue weighted by Crippen LogP contribution is 2.24. The summed E-state index contributed by atoms with van der Waals surface area (Å²) in [6.07, 6.45) is -0.759. The molecule has 206 valence electrons. The monoisotopic (exact) mass is 595 g/mol. The van der Waals surface area contributed by atoms with Gasteiger partial charge in [0.05, 0.1) is 7.11 Å². The van der Waals surface area contributed by atoms with Crippen molar-refractivity contribution in [1.29, 1.82) is 0 Å². The van der Waals surface area contributed by atoms with E-state index in [1.165, 1.54) is 7.11 Å². The van der Waals surface area contributed by atoms with Crippen LogP contribution in [0.2, 0.25) is 0 Å². The highest BCUT2D eigenvalue weighted by molar-refractivity contribution is 9.10. The maximum absolute atomic E-state index is 13.7. The van der Waals surface area contributed by atoms with E-state index in [1.54, 1.807) is 57.2 Å². The van der Waals surface area contributed by atoms with Gasteiger partial charge in [-0.2, -0.15) is 0 Å². The summed E-state index contributed by atoms with van der Waals surface area (Å²) in [6.45, 7) is 7.07. The molecule has 39 heavy (non-hydrogen) atoms. The van der Waals surface area contributed by atoms with E-state index in [0.29, 0.717) is 17.0 Å². The molecular formula is C30H34BrN3O5. The van der Waals surface area contributed by atoms with Crippen molar-refractivity contribution >= 4 is 39.5 Å². The van der Waals surface area contributed by atoms with Crippen molar-refractivity contribution < 1.29 is 23.9 Å². The third-order valence-electron chi connectivity index (χ3n) is 5.89. The molecule has 0 saturated heterocycles. The average Bonchev–Trinajstić information content (AvgIpc) is 2.90. The zero-order chi connectivity index (χ0) is 28.6. The first-order valence-electron chi connectivity index (χ1n) is 12.5. The van der Waals surface area contributed by atoms with Gasteiger partial charge in [-0.05, 0) is 68.3 Å². The number of alkyl carbamates (subject to hydrolysis) is 1. The number of rotatable bonds is 9. The predicted molar refractivity (Wildman–Crippen MR) is 155 cm³/mol. The van der Waals surface area contributed by atoms with Crippen molar-refractivity contribution in [3.05, 3.63) is 94.5 Å². The fourth-order valence-electron chi connectivity index (χ4n) is 3.88. The molecule has 0 heterocycles. The van der Waals surface area contributed by atoms with Crippen molar-refractivity contribution in [3.8, 4) is 5.75 Å². The molecule has 3 aromatic rings. The summed E-state index contributed by atoms with van der Waals surface area (Å²) in [4.78, 5) is 40.0. The molecule has 0 aliphatic rings. The molecular weight excluding hydrogens is 562 g/mol. The Labute approximate surface area is 237 Å². The van der Waals surface area contributed by atoms with Crippen molar-refractivity contribution in [2.24, 2.45) is 0 Å². The van der Waals surface area contributed by atoms with Gasteiger partial charge < -0.3 is 25.4 Å². The van der Waals surface area contributed by atoms with Gasteiger partial charge in [-0.1, -0.05) is 65.3 Å². The number of nitrogens with one attached hydrogen (secondary N) is 3. The summed E-state index contributed by atoms with van der Waals surface area (Å²) < 4.78 is 11.5. The van der Waals surface area contributed by atoms with Gasteiger partial charge in [0, 0.05) is 16.1 Å². The van der Waals surface area contributed by atoms with Crippen molar-refractivity contribution in [3.63, 3.8) is 0 Å². The van der Waals surface area contributed by atoms with E-state index in [1.807, 2.05) is 49.4 Å². The number of methoxy groups -OCH3 is 1. The molecule has 3 aromatic carbocycles. The lowest BCUT2D eigenvalue weighted by atomic mass is 9.92. The lowest BCUT2D eigenvalue weighted by Crippen LogP contribution is -2.51. The maximum Gasteiger partial charge on any atom is 0.408 e. The summed E-state index contributed by atoms with van der Waals surface area (Å²) >= 11 is 3.39. The minimum absolute atomic E-state index is 0.386. The van der Waals surface area contributed by atoms with Crippen molar-refractivity contribution in [1.82, 2.24) is 10.6 Å². The van der Waals surface area contributed by atoms with E-state index < -0.39 is 35.6 Å².